The number of amides is 2. The highest BCUT2D eigenvalue weighted by Gasteiger charge is 2.30. The summed E-state index contributed by atoms with van der Waals surface area (Å²) in [5, 5.41) is 11.9. The van der Waals surface area contributed by atoms with Crippen LogP contribution in [0.2, 0.25) is 0 Å². The number of aliphatic carboxylic acids is 1. The Labute approximate surface area is 115 Å². The molecule has 0 aromatic carbocycles. The molecule has 1 saturated heterocycles. The third kappa shape index (κ3) is 4.40. The Balaban J connectivity index is 2.63. The lowest BCUT2D eigenvalue weighted by molar-refractivity contribution is -0.140. The summed E-state index contributed by atoms with van der Waals surface area (Å²) in [4.78, 5) is 25.1. The summed E-state index contributed by atoms with van der Waals surface area (Å²) in [6, 6.07) is -1.05. The van der Waals surface area contributed by atoms with E-state index in [0.717, 1.165) is 12.8 Å². The van der Waals surface area contributed by atoms with Crippen molar-refractivity contribution in [3.05, 3.63) is 0 Å². The zero-order chi connectivity index (χ0) is 14.6. The lowest BCUT2D eigenvalue weighted by atomic mass is 9.92. The Bertz CT molecular complexity index is 323. The lowest BCUT2D eigenvalue weighted by Gasteiger charge is -2.36. The lowest BCUT2D eigenvalue weighted by Crippen LogP contribution is -2.53. The Morgan fingerprint density at radius 2 is 1.84 bits per heavy atom. The normalized spacial score (nSPS) is 26.6. The molecule has 0 radical (unpaired) electrons. The van der Waals surface area contributed by atoms with Crippen molar-refractivity contribution in [3.63, 3.8) is 0 Å². The van der Waals surface area contributed by atoms with Crippen LogP contribution in [0.3, 0.4) is 0 Å². The van der Waals surface area contributed by atoms with Crippen LogP contribution in [0.15, 0.2) is 0 Å². The zero-order valence-corrected chi connectivity index (χ0v) is 12.3. The Hall–Kier alpha value is -1.26. The number of piperidine rings is 1. The molecule has 4 unspecified atom stereocenters. The third-order valence-corrected chi connectivity index (χ3v) is 3.91. The maximum atomic E-state index is 12.2. The van der Waals surface area contributed by atoms with Crippen LogP contribution in [0.1, 0.15) is 40.5 Å². The predicted octanol–water partition coefficient (Wildman–Crippen LogP) is 2.17. The number of carbonyl (C=O) groups is 2. The van der Waals surface area contributed by atoms with Crippen molar-refractivity contribution in [1.29, 1.82) is 0 Å². The maximum absolute atomic E-state index is 12.2. The minimum atomic E-state index is -0.958. The van der Waals surface area contributed by atoms with E-state index in [9.17, 15) is 14.7 Å². The molecule has 1 aliphatic heterocycles. The van der Waals surface area contributed by atoms with E-state index in [2.05, 4.69) is 19.2 Å². The second kappa shape index (κ2) is 6.78. The fourth-order valence-electron chi connectivity index (χ4n) is 2.74. The molecule has 2 N–H and O–H groups in total. The summed E-state index contributed by atoms with van der Waals surface area (Å²) < 4.78 is 0. The summed E-state index contributed by atoms with van der Waals surface area (Å²) >= 11 is 0. The predicted molar refractivity (Wildman–Crippen MR) is 73.9 cm³/mol. The van der Waals surface area contributed by atoms with Crippen LogP contribution in [-0.4, -0.2) is 41.1 Å². The van der Waals surface area contributed by atoms with Gasteiger partial charge in [-0.1, -0.05) is 34.1 Å². The van der Waals surface area contributed by atoms with E-state index >= 15 is 0 Å². The molecule has 0 bridgehead atoms. The van der Waals surface area contributed by atoms with Gasteiger partial charge in [-0.05, 0) is 24.2 Å². The third-order valence-electron chi connectivity index (χ3n) is 3.91. The van der Waals surface area contributed by atoms with E-state index < -0.39 is 12.0 Å². The van der Waals surface area contributed by atoms with Crippen LogP contribution in [0.25, 0.3) is 0 Å². The summed E-state index contributed by atoms with van der Waals surface area (Å²) in [5.41, 5.74) is 0. The first-order valence-electron chi connectivity index (χ1n) is 7.13. The van der Waals surface area contributed by atoms with Crippen molar-refractivity contribution in [2.45, 2.75) is 46.6 Å². The summed E-state index contributed by atoms with van der Waals surface area (Å²) in [6.07, 6.45) is 1.85. The zero-order valence-electron chi connectivity index (χ0n) is 12.3. The molecule has 1 heterocycles. The van der Waals surface area contributed by atoms with Crippen LogP contribution >= 0.6 is 0 Å². The summed E-state index contributed by atoms with van der Waals surface area (Å²) in [7, 11) is 0. The molecular weight excluding hydrogens is 244 g/mol. The van der Waals surface area contributed by atoms with Gasteiger partial charge in [0, 0.05) is 13.1 Å². The molecule has 5 nitrogen and oxygen atoms in total. The van der Waals surface area contributed by atoms with Crippen molar-refractivity contribution in [2.75, 3.05) is 13.1 Å². The van der Waals surface area contributed by atoms with E-state index in [1.165, 1.54) is 0 Å². The number of likely N-dealkylation sites (tertiary alicyclic amines) is 1. The van der Waals surface area contributed by atoms with Gasteiger partial charge in [0.15, 0.2) is 0 Å². The van der Waals surface area contributed by atoms with Gasteiger partial charge in [-0.3, -0.25) is 0 Å². The van der Waals surface area contributed by atoms with Gasteiger partial charge in [-0.25, -0.2) is 9.59 Å². The van der Waals surface area contributed by atoms with Gasteiger partial charge < -0.3 is 15.3 Å². The summed E-state index contributed by atoms with van der Waals surface area (Å²) in [5.74, 6) is -0.0790. The Morgan fingerprint density at radius 1 is 1.32 bits per heavy atom. The number of hydrogen-bond donors (Lipinski definition) is 2. The second-order valence-electron chi connectivity index (χ2n) is 6.00. The molecule has 4 atom stereocenters. The van der Waals surface area contributed by atoms with Gasteiger partial charge in [-0.2, -0.15) is 0 Å². The first kappa shape index (κ1) is 15.8. The first-order valence-corrected chi connectivity index (χ1v) is 7.13. The SMILES string of the molecule is CCC(C)C(NC(=O)N1CC(C)CC(C)C1)C(=O)O. The van der Waals surface area contributed by atoms with Crippen molar-refractivity contribution < 1.29 is 14.7 Å². The average Bonchev–Trinajstić information content (AvgIpc) is 2.33. The first-order chi connectivity index (χ1) is 8.85. The highest BCUT2D eigenvalue weighted by molar-refractivity contribution is 5.82. The quantitative estimate of drug-likeness (QED) is 0.822. The van der Waals surface area contributed by atoms with Gasteiger partial charge in [-0.15, -0.1) is 0 Å². The summed E-state index contributed by atoms with van der Waals surface area (Å²) in [6.45, 7) is 9.45. The molecule has 1 rings (SSSR count). The van der Waals surface area contributed by atoms with Gasteiger partial charge in [0.2, 0.25) is 0 Å². The molecule has 5 heteroatoms. The molecule has 0 spiro atoms. The number of carboxylic acids is 1. The molecule has 2 amide bonds. The van der Waals surface area contributed by atoms with E-state index in [-0.39, 0.29) is 11.9 Å². The smallest absolute Gasteiger partial charge is 0.326 e. The molecule has 19 heavy (non-hydrogen) atoms. The number of nitrogens with zero attached hydrogens (tertiary/aromatic N) is 1. The Kier molecular flexibility index (Phi) is 5.63. The van der Waals surface area contributed by atoms with Crippen molar-refractivity contribution >= 4 is 12.0 Å². The van der Waals surface area contributed by atoms with Crippen LogP contribution in [0.4, 0.5) is 4.79 Å². The Morgan fingerprint density at radius 3 is 2.26 bits per heavy atom. The number of carbonyl (C=O) groups excluding carboxylic acids is 1. The van der Waals surface area contributed by atoms with E-state index in [0.29, 0.717) is 24.9 Å². The van der Waals surface area contributed by atoms with Crippen LogP contribution in [-0.2, 0) is 4.79 Å². The van der Waals surface area contributed by atoms with E-state index in [1.54, 1.807) is 4.90 Å². The van der Waals surface area contributed by atoms with Gasteiger partial charge in [0.1, 0.15) is 6.04 Å². The second-order valence-corrected chi connectivity index (χ2v) is 6.00. The molecule has 1 aliphatic rings. The van der Waals surface area contributed by atoms with E-state index in [4.69, 9.17) is 0 Å². The molecule has 0 aromatic rings. The molecular formula is C14H26N2O3. The minimum absolute atomic E-state index is 0.0684. The van der Waals surface area contributed by atoms with Crippen LogP contribution < -0.4 is 5.32 Å². The molecule has 0 aromatic heterocycles. The number of nitrogens with one attached hydrogen (secondary N) is 1. The average molecular weight is 270 g/mol. The highest BCUT2D eigenvalue weighted by Crippen LogP contribution is 2.21. The minimum Gasteiger partial charge on any atom is -0.480 e. The molecule has 110 valence electrons. The van der Waals surface area contributed by atoms with Crippen molar-refractivity contribution in [2.24, 2.45) is 17.8 Å². The van der Waals surface area contributed by atoms with Crippen molar-refractivity contribution in [1.82, 2.24) is 10.2 Å². The number of rotatable bonds is 4. The van der Waals surface area contributed by atoms with Crippen molar-refractivity contribution in [3.8, 4) is 0 Å². The van der Waals surface area contributed by atoms with Gasteiger partial charge >= 0.3 is 12.0 Å². The molecule has 1 fully saturated rings. The van der Waals surface area contributed by atoms with E-state index in [1.807, 2.05) is 13.8 Å². The van der Waals surface area contributed by atoms with Crippen LogP contribution in [0, 0.1) is 17.8 Å². The fraction of sp³-hybridized carbons (Fsp3) is 0.857. The standard InChI is InChI=1S/C14H26N2O3/c1-5-11(4)12(13(17)18)15-14(19)16-7-9(2)6-10(3)8-16/h9-12H,5-8H2,1-4H3,(H,15,19)(H,17,18). The largest absolute Gasteiger partial charge is 0.480 e. The number of hydrogen-bond acceptors (Lipinski definition) is 2. The maximum Gasteiger partial charge on any atom is 0.326 e. The van der Waals surface area contributed by atoms with Gasteiger partial charge in [0.05, 0.1) is 0 Å². The topological polar surface area (TPSA) is 69.6 Å². The monoisotopic (exact) mass is 270 g/mol. The number of urea groups is 1. The molecule has 0 saturated carbocycles. The van der Waals surface area contributed by atoms with Gasteiger partial charge in [0.25, 0.3) is 0 Å². The number of carboxylic acid groups (broad SMARTS) is 1. The fourth-order valence-corrected chi connectivity index (χ4v) is 2.74. The molecule has 0 aliphatic carbocycles. The van der Waals surface area contributed by atoms with Crippen LogP contribution in [0.5, 0.6) is 0 Å². The highest BCUT2D eigenvalue weighted by atomic mass is 16.4.